The second kappa shape index (κ2) is 8.54. The Hall–Kier alpha value is -2.70. The van der Waals surface area contributed by atoms with Gasteiger partial charge in [-0.1, -0.05) is 23.7 Å². The minimum absolute atomic E-state index is 0.184. The Kier molecular flexibility index (Phi) is 6.11. The fraction of sp³-hybridized carbons (Fsp3) is 0.238. The van der Waals surface area contributed by atoms with Crippen molar-refractivity contribution in [2.24, 2.45) is 0 Å². The molecule has 1 aromatic heterocycles. The van der Waals surface area contributed by atoms with E-state index in [1.807, 2.05) is 38.4 Å². The second-order valence-corrected chi connectivity index (χ2v) is 7.20. The van der Waals surface area contributed by atoms with Crippen molar-refractivity contribution >= 4 is 23.2 Å². The number of carbonyl (C=O) groups excluding carboxylic acids is 1. The molecule has 0 aliphatic heterocycles. The lowest BCUT2D eigenvalue weighted by atomic mass is 10.1. The van der Waals surface area contributed by atoms with Gasteiger partial charge in [-0.05, 0) is 69.4 Å². The van der Waals surface area contributed by atoms with E-state index in [0.717, 1.165) is 13.0 Å². The monoisotopic (exact) mass is 400 g/mol. The highest BCUT2D eigenvalue weighted by Crippen LogP contribution is 2.25. The molecular weight excluding hydrogens is 379 g/mol. The lowest BCUT2D eigenvalue weighted by molar-refractivity contribution is 0.102. The van der Waals surface area contributed by atoms with Crippen molar-refractivity contribution in [3.05, 3.63) is 76.3 Å². The lowest BCUT2D eigenvalue weighted by Crippen LogP contribution is -2.15. The minimum atomic E-state index is -0.351. The van der Waals surface area contributed by atoms with Crippen LogP contribution in [-0.4, -0.2) is 41.2 Å². The Morgan fingerprint density at radius 2 is 1.79 bits per heavy atom. The van der Waals surface area contributed by atoms with E-state index in [0.29, 0.717) is 22.6 Å². The summed E-state index contributed by atoms with van der Waals surface area (Å²) in [4.78, 5) is 14.9. The van der Waals surface area contributed by atoms with Crippen LogP contribution < -0.4 is 5.32 Å². The summed E-state index contributed by atoms with van der Waals surface area (Å²) in [7, 11) is 4.07. The van der Waals surface area contributed by atoms with Gasteiger partial charge in [-0.25, -0.2) is 9.07 Å². The Balaban J connectivity index is 1.77. The molecule has 0 aliphatic carbocycles. The SMILES string of the molecule is Cc1nn(-c2ccc(F)cc2)c(Cl)c1C(=O)Nc1ccc(CCN(C)C)cc1. The third-order valence-corrected chi connectivity index (χ3v) is 4.71. The van der Waals surface area contributed by atoms with E-state index in [-0.39, 0.29) is 16.9 Å². The van der Waals surface area contributed by atoms with Crippen molar-refractivity contribution in [3.8, 4) is 5.69 Å². The zero-order chi connectivity index (χ0) is 20.3. The van der Waals surface area contributed by atoms with Crippen LogP contribution in [0.2, 0.25) is 5.15 Å². The summed E-state index contributed by atoms with van der Waals surface area (Å²) < 4.78 is 14.6. The number of rotatable bonds is 6. The highest BCUT2D eigenvalue weighted by molar-refractivity contribution is 6.34. The summed E-state index contributed by atoms with van der Waals surface area (Å²) in [6.45, 7) is 2.67. The molecule has 0 radical (unpaired) electrons. The maximum absolute atomic E-state index is 13.1. The van der Waals surface area contributed by atoms with Crippen LogP contribution >= 0.6 is 11.6 Å². The molecule has 1 N–H and O–H groups in total. The summed E-state index contributed by atoms with van der Waals surface area (Å²) in [5, 5.41) is 7.37. The van der Waals surface area contributed by atoms with Crippen LogP contribution in [0.15, 0.2) is 48.5 Å². The lowest BCUT2D eigenvalue weighted by Gasteiger charge is -2.10. The number of nitrogens with zero attached hydrogens (tertiary/aromatic N) is 3. The molecule has 0 spiro atoms. The minimum Gasteiger partial charge on any atom is -0.322 e. The molecule has 3 aromatic rings. The van der Waals surface area contributed by atoms with Gasteiger partial charge in [0.05, 0.1) is 11.4 Å². The third kappa shape index (κ3) is 4.58. The molecule has 146 valence electrons. The standard InChI is InChI=1S/C21H22ClFN4O/c1-14-19(20(22)27(25-14)18-10-6-16(23)7-11-18)21(28)24-17-8-4-15(5-9-17)12-13-26(2)3/h4-11H,12-13H2,1-3H3,(H,24,28). The summed E-state index contributed by atoms with van der Waals surface area (Å²) >= 11 is 6.40. The van der Waals surface area contributed by atoms with Crippen molar-refractivity contribution in [1.29, 1.82) is 0 Å². The van der Waals surface area contributed by atoms with Crippen molar-refractivity contribution in [3.63, 3.8) is 0 Å². The van der Waals surface area contributed by atoms with E-state index >= 15 is 0 Å². The number of hydrogen-bond acceptors (Lipinski definition) is 3. The van der Waals surface area contributed by atoms with Crippen molar-refractivity contribution in [2.45, 2.75) is 13.3 Å². The first-order valence-electron chi connectivity index (χ1n) is 8.91. The molecule has 2 aromatic carbocycles. The zero-order valence-corrected chi connectivity index (χ0v) is 16.8. The number of nitrogens with one attached hydrogen (secondary N) is 1. The molecular formula is C21H22ClFN4O. The number of benzene rings is 2. The van der Waals surface area contributed by atoms with E-state index in [2.05, 4.69) is 15.3 Å². The molecule has 0 fully saturated rings. The molecule has 5 nitrogen and oxygen atoms in total. The third-order valence-electron chi connectivity index (χ3n) is 4.36. The van der Waals surface area contributed by atoms with Gasteiger partial charge in [-0.2, -0.15) is 5.10 Å². The summed E-state index contributed by atoms with van der Waals surface area (Å²) in [6, 6.07) is 13.5. The van der Waals surface area contributed by atoms with Gasteiger partial charge in [0.25, 0.3) is 5.91 Å². The number of amides is 1. The van der Waals surface area contributed by atoms with Crippen LogP contribution in [0.4, 0.5) is 10.1 Å². The molecule has 1 amide bonds. The molecule has 3 rings (SSSR count). The molecule has 7 heteroatoms. The zero-order valence-electron chi connectivity index (χ0n) is 16.0. The van der Waals surface area contributed by atoms with E-state index in [4.69, 9.17) is 11.6 Å². The molecule has 1 heterocycles. The quantitative estimate of drug-likeness (QED) is 0.670. The first kappa shape index (κ1) is 20.0. The van der Waals surface area contributed by atoms with Gasteiger partial charge < -0.3 is 10.2 Å². The topological polar surface area (TPSA) is 50.2 Å². The number of anilines is 1. The first-order valence-corrected chi connectivity index (χ1v) is 9.29. The Morgan fingerprint density at radius 3 is 2.39 bits per heavy atom. The fourth-order valence-corrected chi connectivity index (χ4v) is 3.17. The highest BCUT2D eigenvalue weighted by atomic mass is 35.5. The van der Waals surface area contributed by atoms with Crippen LogP contribution in [0.5, 0.6) is 0 Å². The van der Waals surface area contributed by atoms with E-state index < -0.39 is 0 Å². The molecule has 0 unspecified atom stereocenters. The highest BCUT2D eigenvalue weighted by Gasteiger charge is 2.21. The second-order valence-electron chi connectivity index (χ2n) is 6.84. The van der Waals surface area contributed by atoms with Crippen LogP contribution in [-0.2, 0) is 6.42 Å². The van der Waals surface area contributed by atoms with Gasteiger partial charge in [-0.3, -0.25) is 4.79 Å². The average Bonchev–Trinajstić information content (AvgIpc) is 2.96. The van der Waals surface area contributed by atoms with Gasteiger partial charge in [0.2, 0.25) is 0 Å². The number of halogens is 2. The average molecular weight is 401 g/mol. The summed E-state index contributed by atoms with van der Waals surface area (Å²) in [6.07, 6.45) is 0.941. The number of carbonyl (C=O) groups is 1. The maximum Gasteiger partial charge on any atom is 0.260 e. The molecule has 0 atom stereocenters. The predicted octanol–water partition coefficient (Wildman–Crippen LogP) is 4.33. The molecule has 28 heavy (non-hydrogen) atoms. The van der Waals surface area contributed by atoms with Gasteiger partial charge >= 0.3 is 0 Å². The van der Waals surface area contributed by atoms with Gasteiger partial charge in [0.15, 0.2) is 0 Å². The van der Waals surface area contributed by atoms with Crippen LogP contribution in [0.3, 0.4) is 0 Å². The summed E-state index contributed by atoms with van der Waals surface area (Å²) in [5.74, 6) is -0.687. The van der Waals surface area contributed by atoms with E-state index in [1.54, 1.807) is 19.1 Å². The van der Waals surface area contributed by atoms with E-state index in [9.17, 15) is 9.18 Å². The summed E-state index contributed by atoms with van der Waals surface area (Å²) in [5.41, 5.74) is 3.25. The number of likely N-dealkylation sites (N-methyl/N-ethyl adjacent to an activating group) is 1. The molecule has 0 bridgehead atoms. The predicted molar refractivity (Wildman–Crippen MR) is 110 cm³/mol. The Morgan fingerprint density at radius 1 is 1.14 bits per heavy atom. The Labute approximate surface area is 168 Å². The van der Waals surface area contributed by atoms with Crippen LogP contribution in [0.25, 0.3) is 5.69 Å². The smallest absolute Gasteiger partial charge is 0.260 e. The number of aryl methyl sites for hydroxylation is 1. The first-order chi connectivity index (χ1) is 13.3. The van der Waals surface area contributed by atoms with Gasteiger partial charge in [0, 0.05) is 12.2 Å². The normalized spacial score (nSPS) is 11.1. The number of aromatic nitrogens is 2. The molecule has 0 saturated carbocycles. The van der Waals surface area contributed by atoms with Gasteiger partial charge in [0.1, 0.15) is 16.5 Å². The molecule has 0 aliphatic rings. The number of hydrogen-bond donors (Lipinski definition) is 1. The van der Waals surface area contributed by atoms with Crippen molar-refractivity contribution in [2.75, 3.05) is 26.0 Å². The molecule has 0 saturated heterocycles. The van der Waals surface area contributed by atoms with Gasteiger partial charge in [-0.15, -0.1) is 0 Å². The fourth-order valence-electron chi connectivity index (χ4n) is 2.81. The maximum atomic E-state index is 13.1. The largest absolute Gasteiger partial charge is 0.322 e. The van der Waals surface area contributed by atoms with E-state index in [1.165, 1.54) is 22.4 Å². The van der Waals surface area contributed by atoms with Crippen molar-refractivity contribution < 1.29 is 9.18 Å². The van der Waals surface area contributed by atoms with Crippen LogP contribution in [0.1, 0.15) is 21.6 Å². The van der Waals surface area contributed by atoms with Crippen LogP contribution in [0, 0.1) is 12.7 Å². The Bertz CT molecular complexity index is 965. The van der Waals surface area contributed by atoms with Crippen molar-refractivity contribution in [1.82, 2.24) is 14.7 Å².